The molecule has 1 saturated heterocycles. The molecule has 0 radical (unpaired) electrons. The predicted molar refractivity (Wildman–Crippen MR) is 61.6 cm³/mol. The highest BCUT2D eigenvalue weighted by atomic mass is 19.1. The maximum Gasteiger partial charge on any atom is 0.126 e. The monoisotopic (exact) mass is 223 g/mol. The van der Waals surface area contributed by atoms with Gasteiger partial charge >= 0.3 is 0 Å². The molecule has 0 saturated carbocycles. The van der Waals surface area contributed by atoms with E-state index in [4.69, 9.17) is 10.5 Å². The summed E-state index contributed by atoms with van der Waals surface area (Å²) in [5.74, 6) is 0.139. The van der Waals surface area contributed by atoms with Crippen molar-refractivity contribution in [2.45, 2.75) is 25.8 Å². The zero-order chi connectivity index (χ0) is 11.5. The highest BCUT2D eigenvalue weighted by Crippen LogP contribution is 2.27. The molecular weight excluding hydrogens is 205 g/mol. The number of benzene rings is 1. The van der Waals surface area contributed by atoms with Crippen LogP contribution < -0.4 is 5.73 Å². The van der Waals surface area contributed by atoms with E-state index in [9.17, 15) is 4.39 Å². The lowest BCUT2D eigenvalue weighted by Gasteiger charge is -2.27. The number of nitrogens with two attached hydrogens (primary N) is 1. The molecule has 0 aromatic heterocycles. The van der Waals surface area contributed by atoms with Gasteiger partial charge in [-0.2, -0.15) is 0 Å². The van der Waals surface area contributed by atoms with Crippen LogP contribution >= 0.6 is 0 Å². The molecule has 0 spiro atoms. The van der Waals surface area contributed by atoms with E-state index in [0.29, 0.717) is 18.1 Å². The molecule has 2 unspecified atom stereocenters. The van der Waals surface area contributed by atoms with Gasteiger partial charge < -0.3 is 10.5 Å². The summed E-state index contributed by atoms with van der Waals surface area (Å²) in [6.07, 6.45) is 2.11. The van der Waals surface area contributed by atoms with Gasteiger partial charge in [-0.05, 0) is 37.0 Å². The number of ether oxygens (including phenoxy) is 1. The fourth-order valence-corrected chi connectivity index (χ4v) is 2.14. The van der Waals surface area contributed by atoms with Crippen LogP contribution in [-0.2, 0) is 4.74 Å². The van der Waals surface area contributed by atoms with Gasteiger partial charge in [-0.3, -0.25) is 0 Å². The smallest absolute Gasteiger partial charge is 0.126 e. The molecule has 88 valence electrons. The Labute approximate surface area is 95.6 Å². The lowest BCUT2D eigenvalue weighted by molar-refractivity contribution is 0.0447. The minimum Gasteiger partial charge on any atom is -0.381 e. The molecule has 1 aliphatic rings. The van der Waals surface area contributed by atoms with Gasteiger partial charge in [0, 0.05) is 18.6 Å². The third-order valence-electron chi connectivity index (χ3n) is 3.28. The fourth-order valence-electron chi connectivity index (χ4n) is 2.14. The van der Waals surface area contributed by atoms with Crippen molar-refractivity contribution in [2.24, 2.45) is 11.7 Å². The van der Waals surface area contributed by atoms with Crippen LogP contribution in [0, 0.1) is 18.7 Å². The van der Waals surface area contributed by atoms with Gasteiger partial charge in [0.2, 0.25) is 0 Å². The third-order valence-corrected chi connectivity index (χ3v) is 3.28. The topological polar surface area (TPSA) is 35.2 Å². The lowest BCUT2D eigenvalue weighted by Crippen LogP contribution is -2.29. The summed E-state index contributed by atoms with van der Waals surface area (Å²) in [4.78, 5) is 0. The first-order valence-electron chi connectivity index (χ1n) is 5.78. The number of aryl methyl sites for hydroxylation is 1. The largest absolute Gasteiger partial charge is 0.381 e. The Balaban J connectivity index is 2.12. The molecule has 1 fully saturated rings. The van der Waals surface area contributed by atoms with Crippen LogP contribution in [0.4, 0.5) is 4.39 Å². The fraction of sp³-hybridized carbons (Fsp3) is 0.538. The van der Waals surface area contributed by atoms with Crippen LogP contribution in [-0.4, -0.2) is 13.2 Å². The summed E-state index contributed by atoms with van der Waals surface area (Å²) in [5, 5.41) is 0. The van der Waals surface area contributed by atoms with E-state index >= 15 is 0 Å². The Morgan fingerprint density at radius 3 is 2.94 bits per heavy atom. The van der Waals surface area contributed by atoms with Crippen LogP contribution in [0.2, 0.25) is 0 Å². The van der Waals surface area contributed by atoms with E-state index in [-0.39, 0.29) is 11.9 Å². The highest BCUT2D eigenvalue weighted by molar-refractivity contribution is 5.26. The minimum absolute atomic E-state index is 0.115. The number of hydrogen-bond acceptors (Lipinski definition) is 2. The summed E-state index contributed by atoms with van der Waals surface area (Å²) in [5.41, 5.74) is 7.68. The molecule has 0 aliphatic carbocycles. The van der Waals surface area contributed by atoms with E-state index in [0.717, 1.165) is 25.0 Å². The molecule has 1 aromatic rings. The number of hydrogen-bond donors (Lipinski definition) is 1. The number of halogens is 1. The molecule has 0 bridgehead atoms. The Morgan fingerprint density at radius 2 is 2.31 bits per heavy atom. The molecule has 1 aromatic carbocycles. The van der Waals surface area contributed by atoms with Crippen LogP contribution in [0.5, 0.6) is 0 Å². The Kier molecular flexibility index (Phi) is 3.56. The molecule has 2 N–H and O–H groups in total. The average molecular weight is 223 g/mol. The Bertz CT molecular complexity index is 361. The van der Waals surface area contributed by atoms with Gasteiger partial charge in [-0.15, -0.1) is 0 Å². The van der Waals surface area contributed by atoms with Crippen LogP contribution in [0.25, 0.3) is 0 Å². The maximum atomic E-state index is 13.4. The molecule has 0 amide bonds. The van der Waals surface area contributed by atoms with Crippen molar-refractivity contribution < 1.29 is 9.13 Å². The molecule has 2 rings (SSSR count). The summed E-state index contributed by atoms with van der Waals surface area (Å²) in [7, 11) is 0. The third kappa shape index (κ3) is 2.42. The van der Waals surface area contributed by atoms with Gasteiger partial charge in [0.1, 0.15) is 5.82 Å². The van der Waals surface area contributed by atoms with Crippen molar-refractivity contribution in [1.82, 2.24) is 0 Å². The van der Waals surface area contributed by atoms with Gasteiger partial charge in [-0.25, -0.2) is 4.39 Å². The second-order valence-corrected chi connectivity index (χ2v) is 4.51. The second-order valence-electron chi connectivity index (χ2n) is 4.51. The Hall–Kier alpha value is -0.930. The molecule has 2 nitrogen and oxygen atoms in total. The maximum absolute atomic E-state index is 13.4. The van der Waals surface area contributed by atoms with E-state index in [1.54, 1.807) is 19.1 Å². The van der Waals surface area contributed by atoms with E-state index in [2.05, 4.69) is 0 Å². The quantitative estimate of drug-likeness (QED) is 0.836. The SMILES string of the molecule is Cc1ccc(C(N)C2CCCOC2)cc1F. The van der Waals surface area contributed by atoms with Crippen molar-refractivity contribution in [3.05, 3.63) is 35.1 Å². The summed E-state index contributed by atoms with van der Waals surface area (Å²) >= 11 is 0. The molecular formula is C13H18FNO. The predicted octanol–water partition coefficient (Wildman–Crippen LogP) is 2.56. The van der Waals surface area contributed by atoms with Crippen LogP contribution in [0.1, 0.15) is 30.0 Å². The zero-order valence-electron chi connectivity index (χ0n) is 9.58. The lowest BCUT2D eigenvalue weighted by atomic mass is 9.89. The van der Waals surface area contributed by atoms with Gasteiger partial charge in [0.15, 0.2) is 0 Å². The number of rotatable bonds is 2. The van der Waals surface area contributed by atoms with Gasteiger partial charge in [-0.1, -0.05) is 12.1 Å². The molecule has 2 atom stereocenters. The molecule has 1 heterocycles. The van der Waals surface area contributed by atoms with Crippen molar-refractivity contribution in [3.63, 3.8) is 0 Å². The van der Waals surface area contributed by atoms with E-state index in [1.807, 2.05) is 6.07 Å². The first kappa shape index (κ1) is 11.6. The van der Waals surface area contributed by atoms with Crippen molar-refractivity contribution in [2.75, 3.05) is 13.2 Å². The zero-order valence-corrected chi connectivity index (χ0v) is 9.58. The second kappa shape index (κ2) is 4.93. The van der Waals surface area contributed by atoms with E-state index in [1.165, 1.54) is 0 Å². The molecule has 16 heavy (non-hydrogen) atoms. The van der Waals surface area contributed by atoms with Crippen molar-refractivity contribution >= 4 is 0 Å². The van der Waals surface area contributed by atoms with Crippen LogP contribution in [0.3, 0.4) is 0 Å². The summed E-state index contributed by atoms with van der Waals surface area (Å²) in [6, 6.07) is 5.14. The van der Waals surface area contributed by atoms with E-state index < -0.39 is 0 Å². The summed E-state index contributed by atoms with van der Waals surface area (Å²) < 4.78 is 18.8. The minimum atomic E-state index is -0.176. The first-order chi connectivity index (χ1) is 7.68. The summed E-state index contributed by atoms with van der Waals surface area (Å²) in [6.45, 7) is 3.27. The highest BCUT2D eigenvalue weighted by Gasteiger charge is 2.22. The van der Waals surface area contributed by atoms with Gasteiger partial charge in [0.05, 0.1) is 6.61 Å². The molecule has 3 heteroatoms. The van der Waals surface area contributed by atoms with Crippen molar-refractivity contribution in [1.29, 1.82) is 0 Å². The first-order valence-corrected chi connectivity index (χ1v) is 5.78. The average Bonchev–Trinajstić information content (AvgIpc) is 2.33. The standard InChI is InChI=1S/C13H18FNO/c1-9-4-5-10(7-12(9)14)13(15)11-3-2-6-16-8-11/h4-5,7,11,13H,2-3,6,8,15H2,1H3. The van der Waals surface area contributed by atoms with Gasteiger partial charge in [0.25, 0.3) is 0 Å². The Morgan fingerprint density at radius 1 is 1.50 bits per heavy atom. The molecule has 1 aliphatic heterocycles. The van der Waals surface area contributed by atoms with Crippen molar-refractivity contribution in [3.8, 4) is 0 Å². The van der Waals surface area contributed by atoms with Crippen LogP contribution in [0.15, 0.2) is 18.2 Å². The normalized spacial score (nSPS) is 23.1.